The van der Waals surface area contributed by atoms with E-state index in [-0.39, 0.29) is 17.9 Å². The van der Waals surface area contributed by atoms with Gasteiger partial charge < -0.3 is 9.88 Å². The average Bonchev–Trinajstić information content (AvgIpc) is 2.67. The van der Waals surface area contributed by atoms with Gasteiger partial charge in [0.2, 0.25) is 5.91 Å². The number of carbonyl (C=O) groups is 1. The molecule has 1 N–H and O–H groups in total. The first-order chi connectivity index (χ1) is 12.6. The molecule has 0 aliphatic rings. The third-order valence-corrected chi connectivity index (χ3v) is 4.45. The number of fused-ring (bicyclic) bond motifs is 2. The molecule has 0 spiro atoms. The van der Waals surface area contributed by atoms with Crippen molar-refractivity contribution in [1.29, 1.82) is 0 Å². The summed E-state index contributed by atoms with van der Waals surface area (Å²) in [4.78, 5) is 29.6. The lowest BCUT2D eigenvalue weighted by molar-refractivity contribution is -0.116. The van der Waals surface area contributed by atoms with Crippen molar-refractivity contribution in [2.45, 2.75) is 13.5 Å². The lowest BCUT2D eigenvalue weighted by Crippen LogP contribution is -2.22. The molecule has 1 amide bonds. The molecule has 128 valence electrons. The number of rotatable bonds is 3. The van der Waals surface area contributed by atoms with E-state index in [1.165, 1.54) is 0 Å². The van der Waals surface area contributed by atoms with Crippen LogP contribution < -0.4 is 10.7 Å². The molecule has 0 aliphatic carbocycles. The zero-order valence-electron chi connectivity index (χ0n) is 14.3. The largest absolute Gasteiger partial charge is 0.331 e. The summed E-state index contributed by atoms with van der Waals surface area (Å²) in [6.07, 6.45) is 1.65. The number of benzene rings is 2. The monoisotopic (exact) mass is 343 g/mol. The van der Waals surface area contributed by atoms with Crippen molar-refractivity contribution in [2.24, 2.45) is 0 Å². The van der Waals surface area contributed by atoms with Crippen LogP contribution >= 0.6 is 0 Å². The molecular weight excluding hydrogens is 326 g/mol. The molecule has 2 heterocycles. The smallest absolute Gasteiger partial charge is 0.245 e. The predicted molar refractivity (Wildman–Crippen MR) is 103 cm³/mol. The van der Waals surface area contributed by atoms with Crippen molar-refractivity contribution in [3.63, 3.8) is 0 Å². The minimum absolute atomic E-state index is 0.0200. The van der Waals surface area contributed by atoms with Crippen LogP contribution in [0.15, 0.2) is 71.7 Å². The number of amides is 1. The van der Waals surface area contributed by atoms with E-state index >= 15 is 0 Å². The van der Waals surface area contributed by atoms with Crippen molar-refractivity contribution in [2.75, 3.05) is 5.32 Å². The van der Waals surface area contributed by atoms with Crippen molar-refractivity contribution < 1.29 is 4.79 Å². The fraction of sp³-hybridized carbons (Fsp3) is 0.0952. The summed E-state index contributed by atoms with van der Waals surface area (Å²) in [5.41, 5.74) is 2.36. The van der Waals surface area contributed by atoms with Crippen LogP contribution in [0.2, 0.25) is 0 Å². The van der Waals surface area contributed by atoms with Gasteiger partial charge in [0.15, 0.2) is 5.43 Å². The highest BCUT2D eigenvalue weighted by Crippen LogP contribution is 2.19. The highest BCUT2D eigenvalue weighted by atomic mass is 16.2. The second kappa shape index (κ2) is 6.44. The van der Waals surface area contributed by atoms with Crippen molar-refractivity contribution >= 4 is 33.5 Å². The number of carbonyl (C=O) groups excluding carboxylic acids is 1. The molecule has 0 bridgehead atoms. The van der Waals surface area contributed by atoms with E-state index in [9.17, 15) is 9.59 Å². The molecule has 0 unspecified atom stereocenters. The molecule has 4 aromatic rings. The molecule has 2 aromatic carbocycles. The molecule has 0 fully saturated rings. The van der Waals surface area contributed by atoms with Gasteiger partial charge in [0.05, 0.1) is 11.0 Å². The summed E-state index contributed by atoms with van der Waals surface area (Å²) in [6, 6.07) is 18.4. The summed E-state index contributed by atoms with van der Waals surface area (Å²) in [5, 5.41) is 4.06. The average molecular weight is 343 g/mol. The van der Waals surface area contributed by atoms with Crippen LogP contribution in [0.1, 0.15) is 5.56 Å². The SMILES string of the molecule is Cc1cccnc1NC(=O)Cn1c2ccccc2c(=O)c2ccccc21. The van der Waals surface area contributed by atoms with E-state index in [0.717, 1.165) is 16.6 Å². The maximum atomic E-state index is 12.7. The molecule has 5 heteroatoms. The normalized spacial score (nSPS) is 11.0. The summed E-state index contributed by atoms with van der Waals surface area (Å²) in [5.74, 6) is 0.359. The van der Waals surface area contributed by atoms with Gasteiger partial charge in [0.25, 0.3) is 0 Å². The summed E-state index contributed by atoms with van der Waals surface area (Å²) < 4.78 is 1.87. The first kappa shape index (κ1) is 16.0. The Bertz CT molecular complexity index is 1130. The van der Waals surface area contributed by atoms with Crippen LogP contribution in [0.4, 0.5) is 5.82 Å². The second-order valence-corrected chi connectivity index (χ2v) is 6.17. The number of pyridine rings is 2. The van der Waals surface area contributed by atoms with Gasteiger partial charge in [-0.3, -0.25) is 9.59 Å². The van der Waals surface area contributed by atoms with Gasteiger partial charge in [-0.25, -0.2) is 4.98 Å². The van der Waals surface area contributed by atoms with Crippen molar-refractivity contribution in [3.8, 4) is 0 Å². The Morgan fingerprint density at radius 3 is 2.19 bits per heavy atom. The van der Waals surface area contributed by atoms with E-state index in [1.54, 1.807) is 18.3 Å². The Kier molecular flexibility index (Phi) is 3.97. The van der Waals surface area contributed by atoms with Gasteiger partial charge in [-0.1, -0.05) is 30.3 Å². The molecule has 5 nitrogen and oxygen atoms in total. The molecule has 0 saturated heterocycles. The number of anilines is 1. The summed E-state index contributed by atoms with van der Waals surface area (Å²) >= 11 is 0. The quantitative estimate of drug-likeness (QED) is 0.579. The van der Waals surface area contributed by atoms with Gasteiger partial charge in [-0.15, -0.1) is 0 Å². The van der Waals surface area contributed by atoms with Gasteiger partial charge in [0, 0.05) is 17.0 Å². The number of nitrogens with one attached hydrogen (secondary N) is 1. The number of nitrogens with zero attached hydrogens (tertiary/aromatic N) is 2. The Labute approximate surface area is 149 Å². The molecule has 0 saturated carbocycles. The van der Waals surface area contributed by atoms with Crippen LogP contribution in [0.3, 0.4) is 0 Å². The maximum Gasteiger partial charge on any atom is 0.245 e. The Morgan fingerprint density at radius 1 is 0.962 bits per heavy atom. The van der Waals surface area contributed by atoms with E-state index in [1.807, 2.05) is 60.0 Å². The molecule has 26 heavy (non-hydrogen) atoms. The van der Waals surface area contributed by atoms with Gasteiger partial charge in [0.1, 0.15) is 12.4 Å². The zero-order valence-corrected chi connectivity index (χ0v) is 14.3. The molecule has 0 atom stereocenters. The molecule has 4 rings (SSSR count). The van der Waals surface area contributed by atoms with E-state index in [4.69, 9.17) is 0 Å². The lowest BCUT2D eigenvalue weighted by atomic mass is 10.1. The van der Waals surface area contributed by atoms with Crippen LogP contribution in [-0.4, -0.2) is 15.5 Å². The number of hydrogen-bond donors (Lipinski definition) is 1. The van der Waals surface area contributed by atoms with Crippen molar-refractivity contribution in [1.82, 2.24) is 9.55 Å². The highest BCUT2D eigenvalue weighted by Gasteiger charge is 2.13. The fourth-order valence-electron chi connectivity index (χ4n) is 3.18. The van der Waals surface area contributed by atoms with E-state index in [2.05, 4.69) is 10.3 Å². The highest BCUT2D eigenvalue weighted by molar-refractivity contribution is 5.97. The number of para-hydroxylation sites is 2. The van der Waals surface area contributed by atoms with Gasteiger partial charge in [-0.05, 0) is 42.8 Å². The Hall–Kier alpha value is -3.47. The molecular formula is C21H17N3O2. The van der Waals surface area contributed by atoms with E-state index in [0.29, 0.717) is 16.6 Å². The van der Waals surface area contributed by atoms with Gasteiger partial charge >= 0.3 is 0 Å². The summed E-state index contributed by atoms with van der Waals surface area (Å²) in [7, 11) is 0. The second-order valence-electron chi connectivity index (χ2n) is 6.17. The van der Waals surface area contributed by atoms with E-state index < -0.39 is 0 Å². The Balaban J connectivity index is 1.82. The van der Waals surface area contributed by atoms with Crippen LogP contribution in [0, 0.1) is 6.92 Å². The first-order valence-electron chi connectivity index (χ1n) is 8.37. The zero-order chi connectivity index (χ0) is 18.1. The van der Waals surface area contributed by atoms with Crippen LogP contribution in [0.25, 0.3) is 21.8 Å². The fourth-order valence-corrected chi connectivity index (χ4v) is 3.18. The third-order valence-electron chi connectivity index (χ3n) is 4.45. The first-order valence-corrected chi connectivity index (χ1v) is 8.37. The minimum Gasteiger partial charge on any atom is -0.331 e. The van der Waals surface area contributed by atoms with Crippen LogP contribution in [0.5, 0.6) is 0 Å². The Morgan fingerprint density at radius 2 is 1.58 bits per heavy atom. The minimum atomic E-state index is -0.189. The number of aryl methyl sites for hydroxylation is 1. The third kappa shape index (κ3) is 2.73. The van der Waals surface area contributed by atoms with Crippen LogP contribution in [-0.2, 0) is 11.3 Å². The van der Waals surface area contributed by atoms with Gasteiger partial charge in [-0.2, -0.15) is 0 Å². The summed E-state index contributed by atoms with van der Waals surface area (Å²) in [6.45, 7) is 1.99. The standard InChI is InChI=1S/C21H17N3O2/c1-14-7-6-12-22-21(14)23-19(25)13-24-17-10-4-2-8-15(17)20(26)16-9-3-5-11-18(16)24/h2-12H,13H2,1H3,(H,22,23,25). The topological polar surface area (TPSA) is 64.0 Å². The maximum absolute atomic E-state index is 12.7. The van der Waals surface area contributed by atoms with Crippen molar-refractivity contribution in [3.05, 3.63) is 82.6 Å². The molecule has 2 aromatic heterocycles. The molecule has 0 aliphatic heterocycles. The number of hydrogen-bond acceptors (Lipinski definition) is 3. The lowest BCUT2D eigenvalue weighted by Gasteiger charge is -2.15. The molecule has 0 radical (unpaired) electrons. The predicted octanol–water partition coefficient (Wildman–Crippen LogP) is 3.50. The number of aromatic nitrogens is 2.